The maximum Gasteiger partial charge on any atom is 0.338 e. The fourth-order valence-electron chi connectivity index (χ4n) is 5.12. The highest BCUT2D eigenvalue weighted by Gasteiger charge is 2.41. The Morgan fingerprint density at radius 2 is 1.97 bits per heavy atom. The van der Waals surface area contributed by atoms with E-state index in [0.29, 0.717) is 12.0 Å². The van der Waals surface area contributed by atoms with E-state index in [-0.39, 0.29) is 5.97 Å². The quantitative estimate of drug-likeness (QED) is 0.718. The summed E-state index contributed by atoms with van der Waals surface area (Å²) in [4.78, 5) is 21.4. The highest BCUT2D eigenvalue weighted by atomic mass is 32.1. The maximum absolute atomic E-state index is 11.7. The first kappa shape index (κ1) is 19.0. The van der Waals surface area contributed by atoms with Gasteiger partial charge >= 0.3 is 5.97 Å². The molecule has 0 bridgehead atoms. The fourth-order valence-corrected chi connectivity index (χ4v) is 5.82. The van der Waals surface area contributed by atoms with Crippen LogP contribution in [0, 0.1) is 19.3 Å². The van der Waals surface area contributed by atoms with Gasteiger partial charge in [-0.2, -0.15) is 4.37 Å². The van der Waals surface area contributed by atoms with Crippen molar-refractivity contribution >= 4 is 22.6 Å². The van der Waals surface area contributed by atoms with Gasteiger partial charge in [0.2, 0.25) is 5.13 Å². The summed E-state index contributed by atoms with van der Waals surface area (Å²) in [5.74, 6) is 0.712. The molecule has 29 heavy (non-hydrogen) atoms. The predicted molar refractivity (Wildman–Crippen MR) is 114 cm³/mol. The van der Waals surface area contributed by atoms with Gasteiger partial charge < -0.3 is 14.5 Å². The normalized spacial score (nSPS) is 21.0. The number of hydrogen-bond acceptors (Lipinski definition) is 7. The lowest BCUT2D eigenvalue weighted by molar-refractivity contribution is 0.0535. The zero-order valence-corrected chi connectivity index (χ0v) is 18.1. The maximum atomic E-state index is 11.7. The second kappa shape index (κ2) is 7.36. The van der Waals surface area contributed by atoms with Crippen LogP contribution in [0.3, 0.4) is 0 Å². The highest BCUT2D eigenvalue weighted by molar-refractivity contribution is 7.09. The van der Waals surface area contributed by atoms with Crippen molar-refractivity contribution in [2.45, 2.75) is 46.1 Å². The molecule has 1 spiro atoms. The van der Waals surface area contributed by atoms with Crippen molar-refractivity contribution in [3.8, 4) is 0 Å². The highest BCUT2D eigenvalue weighted by Crippen LogP contribution is 2.42. The molecule has 6 nitrogen and oxygen atoms in total. The number of esters is 1. The van der Waals surface area contributed by atoms with E-state index in [2.05, 4.69) is 32.1 Å². The van der Waals surface area contributed by atoms with Gasteiger partial charge in [0.05, 0.1) is 5.56 Å². The Labute approximate surface area is 176 Å². The number of aryl methyl sites for hydroxylation is 1. The summed E-state index contributed by atoms with van der Waals surface area (Å²) in [5, 5.41) is 1.09. The van der Waals surface area contributed by atoms with Crippen LogP contribution in [0.25, 0.3) is 0 Å². The number of aromatic nitrogens is 2. The lowest BCUT2D eigenvalue weighted by atomic mass is 9.77. The Morgan fingerprint density at radius 3 is 2.72 bits per heavy atom. The number of anilines is 1. The summed E-state index contributed by atoms with van der Waals surface area (Å²) < 4.78 is 9.54. The van der Waals surface area contributed by atoms with Crippen LogP contribution in [-0.2, 0) is 17.8 Å². The molecule has 0 atom stereocenters. The Morgan fingerprint density at radius 1 is 1.17 bits per heavy atom. The molecule has 0 saturated carbocycles. The number of cyclic esters (lactones) is 1. The van der Waals surface area contributed by atoms with Crippen LogP contribution in [0.4, 0.5) is 5.13 Å². The first-order valence-corrected chi connectivity index (χ1v) is 11.4. The van der Waals surface area contributed by atoms with Crippen LogP contribution in [0.5, 0.6) is 0 Å². The van der Waals surface area contributed by atoms with Crippen molar-refractivity contribution < 1.29 is 9.53 Å². The third-order valence-electron chi connectivity index (χ3n) is 7.12. The number of benzene rings is 1. The van der Waals surface area contributed by atoms with E-state index < -0.39 is 0 Å². The first-order valence-electron chi connectivity index (χ1n) is 10.6. The molecule has 1 aromatic carbocycles. The summed E-state index contributed by atoms with van der Waals surface area (Å²) in [5.41, 5.74) is 4.88. The monoisotopic (exact) mass is 412 g/mol. The van der Waals surface area contributed by atoms with Gasteiger partial charge in [0, 0.05) is 36.7 Å². The largest absolute Gasteiger partial charge is 0.457 e. The second-order valence-corrected chi connectivity index (χ2v) is 9.57. The van der Waals surface area contributed by atoms with Crippen molar-refractivity contribution in [1.29, 1.82) is 0 Å². The molecule has 2 fully saturated rings. The average Bonchev–Trinajstić information content (AvgIpc) is 3.43. The van der Waals surface area contributed by atoms with Crippen molar-refractivity contribution in [3.63, 3.8) is 0 Å². The van der Waals surface area contributed by atoms with E-state index in [1.54, 1.807) is 0 Å². The molecule has 3 aliphatic heterocycles. The third-order valence-corrected chi connectivity index (χ3v) is 7.99. The molecule has 2 saturated heterocycles. The summed E-state index contributed by atoms with van der Waals surface area (Å²) in [6.45, 7) is 10.2. The van der Waals surface area contributed by atoms with E-state index >= 15 is 0 Å². The molecule has 0 amide bonds. The molecule has 7 heteroatoms. The third kappa shape index (κ3) is 3.55. The van der Waals surface area contributed by atoms with E-state index in [4.69, 9.17) is 4.74 Å². The molecular formula is C22H28N4O2S. The molecule has 154 valence electrons. The van der Waals surface area contributed by atoms with Crippen molar-refractivity contribution in [3.05, 3.63) is 40.2 Å². The summed E-state index contributed by atoms with van der Waals surface area (Å²) in [6.07, 6.45) is 4.85. The number of carbonyl (C=O) groups excluding carboxylic acids is 1. The summed E-state index contributed by atoms with van der Waals surface area (Å²) in [6, 6.07) is 4.06. The molecule has 5 rings (SSSR count). The van der Waals surface area contributed by atoms with Gasteiger partial charge in [-0.05, 0) is 75.2 Å². The Balaban J connectivity index is 1.16. The molecule has 0 unspecified atom stereocenters. The fraction of sp³-hybridized carbons (Fsp3) is 0.591. The van der Waals surface area contributed by atoms with Gasteiger partial charge in [0.1, 0.15) is 12.4 Å². The average molecular weight is 413 g/mol. The Bertz CT molecular complexity index is 933. The molecular weight excluding hydrogens is 384 g/mol. The lowest BCUT2D eigenvalue weighted by Crippen LogP contribution is -2.42. The molecule has 1 aromatic heterocycles. The Kier molecular flexibility index (Phi) is 4.82. The van der Waals surface area contributed by atoms with E-state index in [1.165, 1.54) is 55.0 Å². The van der Waals surface area contributed by atoms with Gasteiger partial charge in [-0.25, -0.2) is 9.78 Å². The van der Waals surface area contributed by atoms with Crippen LogP contribution < -0.4 is 4.90 Å². The molecule has 0 aliphatic carbocycles. The number of carbonyl (C=O) groups is 1. The minimum absolute atomic E-state index is 0.176. The molecule has 4 heterocycles. The number of fused-ring (bicyclic) bond motifs is 1. The topological polar surface area (TPSA) is 58.6 Å². The molecule has 2 aromatic rings. The number of likely N-dealkylation sites (tertiary alicyclic amines) is 1. The smallest absolute Gasteiger partial charge is 0.338 e. The standard InChI is InChI=1S/C22H28N4O2S/c1-15-17(3-4-18-19(15)13-28-20(18)27)5-9-25-10-6-22(7-11-25)8-12-26(14-22)21-23-16(2)24-29-21/h3-4H,5-14H2,1-2H3. The number of piperidine rings is 1. The zero-order valence-electron chi connectivity index (χ0n) is 17.2. The van der Waals surface area contributed by atoms with Crippen LogP contribution >= 0.6 is 11.5 Å². The summed E-state index contributed by atoms with van der Waals surface area (Å²) in [7, 11) is 0. The van der Waals surface area contributed by atoms with E-state index in [0.717, 1.165) is 48.1 Å². The number of ether oxygens (including phenoxy) is 1. The van der Waals surface area contributed by atoms with Crippen LogP contribution in [-0.4, -0.2) is 53.0 Å². The van der Waals surface area contributed by atoms with Crippen LogP contribution in [0.2, 0.25) is 0 Å². The second-order valence-electron chi connectivity index (χ2n) is 8.84. The number of hydrogen-bond donors (Lipinski definition) is 0. The number of rotatable bonds is 4. The molecule has 0 N–H and O–H groups in total. The molecule has 0 radical (unpaired) electrons. The minimum Gasteiger partial charge on any atom is -0.457 e. The zero-order chi connectivity index (χ0) is 20.0. The van der Waals surface area contributed by atoms with Crippen molar-refractivity contribution in [2.24, 2.45) is 5.41 Å². The van der Waals surface area contributed by atoms with Gasteiger partial charge in [-0.15, -0.1) is 0 Å². The SMILES string of the molecule is Cc1nsc(N2CCC3(CCN(CCc4ccc5c(c4C)COC5=O)CC3)C2)n1. The van der Waals surface area contributed by atoms with Crippen molar-refractivity contribution in [2.75, 3.05) is 37.6 Å². The van der Waals surface area contributed by atoms with Crippen molar-refractivity contribution in [1.82, 2.24) is 14.3 Å². The summed E-state index contributed by atoms with van der Waals surface area (Å²) >= 11 is 1.53. The van der Waals surface area contributed by atoms with Crippen LogP contribution in [0.1, 0.15) is 52.1 Å². The van der Waals surface area contributed by atoms with E-state index in [9.17, 15) is 4.79 Å². The van der Waals surface area contributed by atoms with Gasteiger partial charge in [-0.3, -0.25) is 0 Å². The predicted octanol–water partition coefficient (Wildman–Crippen LogP) is 3.36. The van der Waals surface area contributed by atoms with Gasteiger partial charge in [0.15, 0.2) is 0 Å². The van der Waals surface area contributed by atoms with Crippen LogP contribution in [0.15, 0.2) is 12.1 Å². The Hall–Kier alpha value is -1.99. The lowest BCUT2D eigenvalue weighted by Gasteiger charge is -2.39. The number of nitrogens with zero attached hydrogens (tertiary/aromatic N) is 4. The molecule has 3 aliphatic rings. The van der Waals surface area contributed by atoms with Gasteiger partial charge in [-0.1, -0.05) is 6.07 Å². The van der Waals surface area contributed by atoms with Gasteiger partial charge in [0.25, 0.3) is 0 Å². The minimum atomic E-state index is -0.176. The van der Waals surface area contributed by atoms with E-state index in [1.807, 2.05) is 13.0 Å². The first-order chi connectivity index (χ1) is 14.0.